The lowest BCUT2D eigenvalue weighted by Gasteiger charge is -2.42. The molecule has 114 valence electrons. The molecule has 0 heterocycles. The Bertz CT molecular complexity index is 257. The molecule has 0 spiro atoms. The number of aliphatic hydroxyl groups excluding tert-OH is 1. The first-order chi connectivity index (χ1) is 8.70. The lowest BCUT2D eigenvalue weighted by molar-refractivity contribution is -0.935. The summed E-state index contributed by atoms with van der Waals surface area (Å²) < 4.78 is 6.48. The molecule has 1 unspecified atom stereocenters. The van der Waals surface area contributed by atoms with E-state index in [9.17, 15) is 5.11 Å². The summed E-state index contributed by atoms with van der Waals surface area (Å²) in [5, 5.41) is 12.6. The summed E-state index contributed by atoms with van der Waals surface area (Å²) in [6.07, 6.45) is 4.30. The van der Waals surface area contributed by atoms with Crippen LogP contribution in [-0.4, -0.2) is 61.6 Å². The van der Waals surface area contributed by atoms with E-state index in [1.807, 2.05) is 19.2 Å². The summed E-state index contributed by atoms with van der Waals surface area (Å²) >= 11 is 0. The predicted octanol–water partition coefficient (Wildman–Crippen LogP) is 1.75. The fourth-order valence-corrected chi connectivity index (χ4v) is 1.50. The second-order valence-electron chi connectivity index (χ2n) is 6.57. The molecule has 0 aliphatic carbocycles. The summed E-state index contributed by atoms with van der Waals surface area (Å²) in [5.74, 6) is 0. The van der Waals surface area contributed by atoms with Gasteiger partial charge in [0.05, 0.1) is 45.5 Å². The Labute approximate surface area is 119 Å². The highest BCUT2D eigenvalue weighted by molar-refractivity contribution is 4.75. The highest BCUT2D eigenvalue weighted by Gasteiger charge is 2.30. The van der Waals surface area contributed by atoms with E-state index in [-0.39, 0.29) is 5.54 Å². The van der Waals surface area contributed by atoms with Gasteiger partial charge in [-0.2, -0.15) is 0 Å². The van der Waals surface area contributed by atoms with Crippen LogP contribution in [0.3, 0.4) is 0 Å². The maximum Gasteiger partial charge on any atom is 0.0945 e. The molecule has 0 saturated heterocycles. The fourth-order valence-electron chi connectivity index (χ4n) is 1.50. The van der Waals surface area contributed by atoms with Crippen molar-refractivity contribution in [2.75, 3.05) is 40.4 Å². The molecule has 0 radical (unpaired) electrons. The van der Waals surface area contributed by atoms with Crippen molar-refractivity contribution in [1.82, 2.24) is 5.32 Å². The molecule has 0 aromatic carbocycles. The van der Waals surface area contributed by atoms with Crippen molar-refractivity contribution in [3.05, 3.63) is 12.3 Å². The minimum atomic E-state index is -0.443. The molecule has 1 atom stereocenters. The molecule has 0 saturated carbocycles. The number of quaternary nitrogens is 1. The van der Waals surface area contributed by atoms with Gasteiger partial charge in [0.1, 0.15) is 0 Å². The van der Waals surface area contributed by atoms with E-state index in [1.54, 1.807) is 0 Å². The zero-order chi connectivity index (χ0) is 14.9. The van der Waals surface area contributed by atoms with Gasteiger partial charge in [-0.3, -0.25) is 0 Å². The van der Waals surface area contributed by atoms with Gasteiger partial charge in [-0.1, -0.05) is 6.08 Å². The molecular weight excluding hydrogens is 240 g/mol. The van der Waals surface area contributed by atoms with Crippen LogP contribution < -0.4 is 5.32 Å². The number of nitrogens with one attached hydrogen (secondary N) is 1. The van der Waals surface area contributed by atoms with Crippen molar-refractivity contribution in [2.45, 2.75) is 45.8 Å². The predicted molar refractivity (Wildman–Crippen MR) is 81.0 cm³/mol. The van der Waals surface area contributed by atoms with Crippen molar-refractivity contribution in [3.63, 3.8) is 0 Å². The van der Waals surface area contributed by atoms with Crippen LogP contribution in [0.1, 0.15) is 34.1 Å². The minimum absolute atomic E-state index is 0.246. The summed E-state index contributed by atoms with van der Waals surface area (Å²) in [6.45, 7) is 11.4. The van der Waals surface area contributed by atoms with Gasteiger partial charge < -0.3 is 19.6 Å². The lowest BCUT2D eigenvalue weighted by Crippen LogP contribution is -2.54. The quantitative estimate of drug-likeness (QED) is 0.497. The van der Waals surface area contributed by atoms with Crippen LogP contribution in [-0.2, 0) is 4.74 Å². The monoisotopic (exact) mass is 273 g/mol. The minimum Gasteiger partial charge on any atom is -0.389 e. The maximum absolute atomic E-state index is 9.64. The lowest BCUT2D eigenvalue weighted by atomic mass is 10.0. The third kappa shape index (κ3) is 8.24. The van der Waals surface area contributed by atoms with Gasteiger partial charge in [0.25, 0.3) is 0 Å². The maximum atomic E-state index is 9.64. The highest BCUT2D eigenvalue weighted by atomic mass is 16.5. The Morgan fingerprint density at radius 3 is 2.47 bits per heavy atom. The van der Waals surface area contributed by atoms with Crippen molar-refractivity contribution in [2.24, 2.45) is 0 Å². The van der Waals surface area contributed by atoms with Crippen LogP contribution in [0.4, 0.5) is 0 Å². The zero-order valence-corrected chi connectivity index (χ0v) is 13.6. The second-order valence-corrected chi connectivity index (χ2v) is 6.57. The number of hydrogen-bond donors (Lipinski definition) is 2. The largest absolute Gasteiger partial charge is 0.389 e. The van der Waals surface area contributed by atoms with Crippen LogP contribution in [0.5, 0.6) is 0 Å². The first-order valence-corrected chi connectivity index (χ1v) is 7.14. The van der Waals surface area contributed by atoms with Crippen molar-refractivity contribution >= 4 is 0 Å². The summed E-state index contributed by atoms with van der Waals surface area (Å²) in [4.78, 5) is 0. The molecule has 0 aromatic heterocycles. The van der Waals surface area contributed by atoms with E-state index in [1.165, 1.54) is 0 Å². The molecule has 0 aliphatic heterocycles. The van der Waals surface area contributed by atoms with E-state index in [4.69, 9.17) is 4.74 Å². The molecule has 4 heteroatoms. The van der Waals surface area contributed by atoms with Crippen molar-refractivity contribution < 1.29 is 14.3 Å². The van der Waals surface area contributed by atoms with Crippen LogP contribution in [0, 0.1) is 0 Å². The summed E-state index contributed by atoms with van der Waals surface area (Å²) in [7, 11) is 4.49. The summed E-state index contributed by atoms with van der Waals surface area (Å²) in [5.41, 5.74) is 0.246. The van der Waals surface area contributed by atoms with Crippen LogP contribution >= 0.6 is 0 Å². The number of aliphatic hydroxyl groups is 1. The molecule has 0 aliphatic rings. The molecule has 0 bridgehead atoms. The van der Waals surface area contributed by atoms with Gasteiger partial charge >= 0.3 is 0 Å². The normalized spacial score (nSPS) is 14.9. The average Bonchev–Trinajstić information content (AvgIpc) is 2.27. The zero-order valence-electron chi connectivity index (χ0n) is 13.6. The molecule has 0 amide bonds. The van der Waals surface area contributed by atoms with E-state index >= 15 is 0 Å². The van der Waals surface area contributed by atoms with Crippen molar-refractivity contribution in [3.8, 4) is 0 Å². The Balaban J connectivity index is 3.65. The van der Waals surface area contributed by atoms with Gasteiger partial charge in [-0.25, -0.2) is 0 Å². The van der Waals surface area contributed by atoms with Gasteiger partial charge in [-0.05, 0) is 33.9 Å². The van der Waals surface area contributed by atoms with E-state index in [0.717, 1.165) is 17.4 Å². The molecular formula is C15H33N2O2+. The van der Waals surface area contributed by atoms with Gasteiger partial charge in [0.2, 0.25) is 0 Å². The summed E-state index contributed by atoms with van der Waals surface area (Å²) in [6, 6.07) is 0. The Morgan fingerprint density at radius 1 is 1.32 bits per heavy atom. The molecule has 19 heavy (non-hydrogen) atoms. The van der Waals surface area contributed by atoms with Gasteiger partial charge in [0, 0.05) is 13.0 Å². The highest BCUT2D eigenvalue weighted by Crippen LogP contribution is 2.19. The first kappa shape index (κ1) is 18.4. The standard InChI is InChI=1S/C15H33N2O2/c1-7-9-16-12-14(18)13-19-11-8-10-17(5,6)15(2,3)4/h7,9,14,16,18H,8,10-13H2,1-6H3/q+1. The van der Waals surface area contributed by atoms with Crippen LogP contribution in [0.2, 0.25) is 0 Å². The number of ether oxygens (including phenoxy) is 1. The number of allylic oxidation sites excluding steroid dienone is 1. The number of hydrogen-bond acceptors (Lipinski definition) is 3. The van der Waals surface area contributed by atoms with E-state index < -0.39 is 6.10 Å². The Kier molecular flexibility index (Phi) is 8.30. The Morgan fingerprint density at radius 2 is 1.95 bits per heavy atom. The van der Waals surface area contributed by atoms with E-state index in [2.05, 4.69) is 40.2 Å². The topological polar surface area (TPSA) is 41.5 Å². The molecule has 0 rings (SSSR count). The smallest absolute Gasteiger partial charge is 0.0945 e. The Hall–Kier alpha value is -0.580. The third-order valence-electron chi connectivity index (χ3n) is 3.77. The number of nitrogens with zero attached hydrogens (tertiary/aromatic N) is 1. The average molecular weight is 273 g/mol. The van der Waals surface area contributed by atoms with Gasteiger partial charge in [0.15, 0.2) is 0 Å². The third-order valence-corrected chi connectivity index (χ3v) is 3.77. The fraction of sp³-hybridized carbons (Fsp3) is 0.867. The number of rotatable bonds is 9. The van der Waals surface area contributed by atoms with Crippen LogP contribution in [0.15, 0.2) is 12.3 Å². The molecule has 0 fully saturated rings. The van der Waals surface area contributed by atoms with Gasteiger partial charge in [-0.15, -0.1) is 0 Å². The first-order valence-electron chi connectivity index (χ1n) is 7.14. The molecule has 2 N–H and O–H groups in total. The molecule has 4 nitrogen and oxygen atoms in total. The van der Waals surface area contributed by atoms with Crippen molar-refractivity contribution in [1.29, 1.82) is 0 Å². The van der Waals surface area contributed by atoms with E-state index in [0.29, 0.717) is 19.8 Å². The SMILES string of the molecule is CC=CNCC(O)COCCC[N+](C)(C)C(C)(C)C. The molecule has 0 aromatic rings. The second kappa shape index (κ2) is 8.56. The van der Waals surface area contributed by atoms with Crippen LogP contribution in [0.25, 0.3) is 0 Å².